The fourth-order valence-corrected chi connectivity index (χ4v) is 2.66. The number of halogens is 1. The molecule has 7 heteroatoms. The Hall–Kier alpha value is -2.54. The molecule has 6 nitrogen and oxygen atoms in total. The molecule has 2 aromatic rings. The molecule has 150 valence electrons. The van der Waals surface area contributed by atoms with Gasteiger partial charge in [0, 0.05) is 4.47 Å². The van der Waals surface area contributed by atoms with Crippen molar-refractivity contribution >= 4 is 27.7 Å². The van der Waals surface area contributed by atoms with E-state index in [-0.39, 0.29) is 6.61 Å². The monoisotopic (exact) mass is 448 g/mol. The van der Waals surface area contributed by atoms with Gasteiger partial charge in [0.05, 0.1) is 12.2 Å². The summed E-state index contributed by atoms with van der Waals surface area (Å²) >= 11 is 3.35. The van der Waals surface area contributed by atoms with Crippen molar-refractivity contribution in [3.8, 4) is 11.5 Å². The molecule has 0 aliphatic heterocycles. The molecule has 0 aliphatic rings. The van der Waals surface area contributed by atoms with Crippen LogP contribution in [-0.2, 0) is 4.79 Å². The first-order valence-electron chi connectivity index (χ1n) is 9.06. The van der Waals surface area contributed by atoms with Crippen molar-refractivity contribution in [1.29, 1.82) is 0 Å². The van der Waals surface area contributed by atoms with Gasteiger partial charge in [-0.25, -0.2) is 0 Å². The smallest absolute Gasteiger partial charge is 0.276 e. The number of hydrogen-bond donors (Lipinski definition) is 2. The minimum absolute atomic E-state index is 0.207. The fourth-order valence-electron chi connectivity index (χ4n) is 2.30. The maximum atomic E-state index is 12.5. The topological polar surface area (TPSA) is 76.7 Å². The number of para-hydroxylation sites is 1. The Morgan fingerprint density at radius 1 is 1.04 bits per heavy atom. The first-order chi connectivity index (χ1) is 13.4. The first kappa shape index (κ1) is 21.8. The number of aryl methyl sites for hydroxylation is 1. The van der Waals surface area contributed by atoms with Crippen LogP contribution in [0.3, 0.4) is 0 Å². The van der Waals surface area contributed by atoms with Crippen LogP contribution in [0.1, 0.15) is 36.2 Å². The van der Waals surface area contributed by atoms with E-state index >= 15 is 0 Å². The summed E-state index contributed by atoms with van der Waals surface area (Å²) in [5.74, 6) is 0.655. The van der Waals surface area contributed by atoms with Gasteiger partial charge in [-0.05, 0) is 49.1 Å². The Labute approximate surface area is 173 Å². The second-order valence-corrected chi connectivity index (χ2v) is 7.64. The van der Waals surface area contributed by atoms with Crippen molar-refractivity contribution < 1.29 is 19.1 Å². The van der Waals surface area contributed by atoms with E-state index in [0.29, 0.717) is 29.6 Å². The van der Waals surface area contributed by atoms with Gasteiger partial charge >= 0.3 is 0 Å². The number of benzene rings is 2. The van der Waals surface area contributed by atoms with Crippen molar-refractivity contribution in [3.63, 3.8) is 0 Å². The summed E-state index contributed by atoms with van der Waals surface area (Å²) in [6.45, 7) is 6.40. The average molecular weight is 449 g/mol. The van der Waals surface area contributed by atoms with Gasteiger partial charge < -0.3 is 9.47 Å². The summed E-state index contributed by atoms with van der Waals surface area (Å²) in [4.78, 5) is 24.5. The van der Waals surface area contributed by atoms with E-state index in [0.717, 1.165) is 16.5 Å². The lowest BCUT2D eigenvalue weighted by Crippen LogP contribution is -2.44. The maximum Gasteiger partial charge on any atom is 0.276 e. The van der Waals surface area contributed by atoms with Gasteiger partial charge in [0.2, 0.25) is 0 Å². The van der Waals surface area contributed by atoms with Crippen molar-refractivity contribution in [2.24, 2.45) is 5.92 Å². The lowest BCUT2D eigenvalue weighted by Gasteiger charge is -2.14. The third kappa shape index (κ3) is 6.88. The minimum Gasteiger partial charge on any atom is -0.493 e. The number of ether oxygens (including phenoxy) is 2. The van der Waals surface area contributed by atoms with Crippen molar-refractivity contribution in [1.82, 2.24) is 10.9 Å². The molecule has 0 spiro atoms. The Bertz CT molecular complexity index is 824. The molecule has 0 unspecified atom stereocenters. The molecule has 0 saturated carbocycles. The summed E-state index contributed by atoms with van der Waals surface area (Å²) in [7, 11) is 0. The molecule has 2 N–H and O–H groups in total. The molecule has 0 bridgehead atoms. The molecule has 0 radical (unpaired) electrons. The van der Waals surface area contributed by atoms with Crippen LogP contribution < -0.4 is 20.3 Å². The van der Waals surface area contributed by atoms with Gasteiger partial charge in [0.1, 0.15) is 11.5 Å². The Kier molecular flexibility index (Phi) is 8.32. The molecule has 0 saturated heterocycles. The predicted molar refractivity (Wildman–Crippen MR) is 111 cm³/mol. The van der Waals surface area contributed by atoms with E-state index < -0.39 is 11.8 Å². The highest BCUT2D eigenvalue weighted by Crippen LogP contribution is 2.23. The van der Waals surface area contributed by atoms with Crippen LogP contribution >= 0.6 is 15.9 Å². The van der Waals surface area contributed by atoms with Crippen molar-refractivity contribution in [3.05, 3.63) is 58.1 Å². The molecule has 0 aliphatic carbocycles. The summed E-state index contributed by atoms with van der Waals surface area (Å²) in [6.07, 6.45) is 0.879. The number of carbonyl (C=O) groups is 2. The van der Waals surface area contributed by atoms with E-state index in [1.807, 2.05) is 25.1 Å². The van der Waals surface area contributed by atoms with Crippen LogP contribution in [-0.4, -0.2) is 25.0 Å². The second-order valence-electron chi connectivity index (χ2n) is 6.73. The van der Waals surface area contributed by atoms with Gasteiger partial charge in [0.25, 0.3) is 11.8 Å². The molecule has 2 amide bonds. The Balaban J connectivity index is 1.90. The molecule has 0 atom stereocenters. The molecular formula is C21H25BrN2O4. The van der Waals surface area contributed by atoms with Gasteiger partial charge in [-0.3, -0.25) is 20.4 Å². The zero-order valence-electron chi connectivity index (χ0n) is 16.3. The summed E-state index contributed by atoms with van der Waals surface area (Å²) in [5, 5.41) is 0. The number of amides is 2. The third-order valence-electron chi connectivity index (χ3n) is 3.91. The number of nitrogens with one attached hydrogen (secondary N) is 2. The summed E-state index contributed by atoms with van der Waals surface area (Å²) in [5.41, 5.74) is 6.01. The van der Waals surface area contributed by atoms with E-state index in [1.54, 1.807) is 24.3 Å². The van der Waals surface area contributed by atoms with Gasteiger partial charge in [-0.15, -0.1) is 0 Å². The zero-order chi connectivity index (χ0) is 20.5. The highest BCUT2D eigenvalue weighted by Gasteiger charge is 2.15. The zero-order valence-corrected chi connectivity index (χ0v) is 17.8. The molecule has 2 aromatic carbocycles. The molecular weight excluding hydrogens is 424 g/mol. The van der Waals surface area contributed by atoms with E-state index in [1.165, 1.54) is 0 Å². The van der Waals surface area contributed by atoms with Crippen LogP contribution in [0.4, 0.5) is 0 Å². The molecule has 28 heavy (non-hydrogen) atoms. The third-order valence-corrected chi connectivity index (χ3v) is 4.40. The first-order valence-corrected chi connectivity index (χ1v) is 9.86. The van der Waals surface area contributed by atoms with Gasteiger partial charge in [-0.2, -0.15) is 0 Å². The van der Waals surface area contributed by atoms with Gasteiger partial charge in [0.15, 0.2) is 6.61 Å². The SMILES string of the molecule is Cc1ccccc1OCC(=O)NNC(=O)c1cc(Br)ccc1OCCC(C)C. The molecule has 0 aromatic heterocycles. The van der Waals surface area contributed by atoms with Crippen LogP contribution in [0.5, 0.6) is 11.5 Å². The number of carbonyl (C=O) groups excluding carboxylic acids is 2. The minimum atomic E-state index is -0.468. The van der Waals surface area contributed by atoms with Crippen LogP contribution in [0.2, 0.25) is 0 Å². The van der Waals surface area contributed by atoms with E-state index in [9.17, 15) is 9.59 Å². The standard InChI is InChI=1S/C21H25BrN2O4/c1-14(2)10-11-27-19-9-8-16(22)12-17(19)21(26)24-23-20(25)13-28-18-7-5-4-6-15(18)3/h4-9,12,14H,10-11,13H2,1-3H3,(H,23,25)(H,24,26). The summed E-state index contributed by atoms with van der Waals surface area (Å²) < 4.78 is 11.9. The lowest BCUT2D eigenvalue weighted by molar-refractivity contribution is -0.123. The van der Waals surface area contributed by atoms with Crippen LogP contribution in [0.15, 0.2) is 46.9 Å². The largest absolute Gasteiger partial charge is 0.493 e. The highest BCUT2D eigenvalue weighted by atomic mass is 79.9. The van der Waals surface area contributed by atoms with Gasteiger partial charge in [-0.1, -0.05) is 48.0 Å². The van der Waals surface area contributed by atoms with Crippen LogP contribution in [0, 0.1) is 12.8 Å². The maximum absolute atomic E-state index is 12.5. The summed E-state index contributed by atoms with van der Waals surface area (Å²) in [6, 6.07) is 12.6. The Morgan fingerprint density at radius 3 is 2.50 bits per heavy atom. The molecule has 0 fully saturated rings. The number of hydrogen-bond acceptors (Lipinski definition) is 4. The van der Waals surface area contributed by atoms with Crippen molar-refractivity contribution in [2.75, 3.05) is 13.2 Å². The lowest BCUT2D eigenvalue weighted by atomic mass is 10.1. The second kappa shape index (κ2) is 10.7. The highest BCUT2D eigenvalue weighted by molar-refractivity contribution is 9.10. The van der Waals surface area contributed by atoms with Crippen molar-refractivity contribution in [2.45, 2.75) is 27.2 Å². The average Bonchev–Trinajstić information content (AvgIpc) is 2.66. The Morgan fingerprint density at radius 2 is 1.79 bits per heavy atom. The predicted octanol–water partition coefficient (Wildman–Crippen LogP) is 4.02. The molecule has 2 rings (SSSR count). The van der Waals surface area contributed by atoms with E-state index in [4.69, 9.17) is 9.47 Å². The molecule has 0 heterocycles. The number of rotatable bonds is 8. The van der Waals surface area contributed by atoms with E-state index in [2.05, 4.69) is 40.6 Å². The van der Waals surface area contributed by atoms with Crippen LogP contribution in [0.25, 0.3) is 0 Å². The normalized spacial score (nSPS) is 10.5. The quantitative estimate of drug-likeness (QED) is 0.597. The fraction of sp³-hybridized carbons (Fsp3) is 0.333. The number of hydrazine groups is 1.